The van der Waals surface area contributed by atoms with Crippen LogP contribution in [0.2, 0.25) is 0 Å². The number of likely N-dealkylation sites (tertiary alicyclic amines) is 1. The lowest BCUT2D eigenvalue weighted by molar-refractivity contribution is -0.156. The molecule has 2 saturated heterocycles. The van der Waals surface area contributed by atoms with Gasteiger partial charge in [0.2, 0.25) is 5.91 Å². The number of benzene rings is 3. The zero-order chi connectivity index (χ0) is 25.9. The summed E-state index contributed by atoms with van der Waals surface area (Å²) in [6.45, 7) is 0.632. The molecule has 0 aromatic heterocycles. The topological polar surface area (TPSA) is 81.2 Å². The number of amides is 3. The minimum absolute atomic E-state index is 0.197. The smallest absolute Gasteiger partial charge is 0.328 e. The van der Waals surface area contributed by atoms with E-state index >= 15 is 0 Å². The van der Waals surface area contributed by atoms with Crippen molar-refractivity contribution in [3.63, 3.8) is 0 Å². The number of urea groups is 1. The van der Waals surface area contributed by atoms with Crippen molar-refractivity contribution in [3.8, 4) is 0 Å². The average molecular weight is 498 g/mol. The molecule has 0 spiro atoms. The highest BCUT2D eigenvalue weighted by Crippen LogP contribution is 2.38. The molecule has 0 unspecified atom stereocenters. The summed E-state index contributed by atoms with van der Waals surface area (Å²) in [6, 6.07) is 26.6. The minimum atomic E-state index is -1.10. The Labute approximate surface area is 216 Å². The molecule has 7 nitrogen and oxygen atoms in total. The van der Waals surface area contributed by atoms with Crippen LogP contribution in [0.15, 0.2) is 91.0 Å². The predicted molar refractivity (Wildman–Crippen MR) is 140 cm³/mol. The Kier molecular flexibility index (Phi) is 6.95. The van der Waals surface area contributed by atoms with E-state index in [9.17, 15) is 19.5 Å². The maximum atomic E-state index is 14.1. The molecule has 3 amide bonds. The van der Waals surface area contributed by atoms with Crippen molar-refractivity contribution < 1.29 is 19.5 Å². The standard InChI is InChI=1S/C30H31N3O4/c1-31(19-21-11-5-2-6-12-21)30(37)33-24-17-18-25(33)27(29(35)36)32(20-24)28(34)26(22-13-7-3-8-14-22)23-15-9-4-10-16-23/h2-16,24-27H,17-20H2,1H3,(H,35,36)/t24-,25+,27-/m0/s1. The van der Waals surface area contributed by atoms with Gasteiger partial charge in [0, 0.05) is 20.1 Å². The fourth-order valence-corrected chi connectivity index (χ4v) is 5.83. The maximum absolute atomic E-state index is 14.1. The van der Waals surface area contributed by atoms with Gasteiger partial charge in [0.05, 0.1) is 18.0 Å². The van der Waals surface area contributed by atoms with E-state index in [0.29, 0.717) is 19.4 Å². The molecule has 2 bridgehead atoms. The minimum Gasteiger partial charge on any atom is -0.480 e. The number of carboxylic acids is 1. The Balaban J connectivity index is 1.43. The molecule has 1 N–H and O–H groups in total. The van der Waals surface area contributed by atoms with Crippen LogP contribution in [0.1, 0.15) is 35.4 Å². The number of aliphatic carboxylic acids is 1. The summed E-state index contributed by atoms with van der Waals surface area (Å²) in [6.07, 6.45) is 1.22. The summed E-state index contributed by atoms with van der Waals surface area (Å²) in [7, 11) is 1.74. The van der Waals surface area contributed by atoms with Crippen LogP contribution in [0.3, 0.4) is 0 Å². The van der Waals surface area contributed by atoms with Crippen molar-refractivity contribution in [2.75, 3.05) is 13.6 Å². The van der Waals surface area contributed by atoms with Gasteiger partial charge in [-0.15, -0.1) is 0 Å². The second kappa shape index (κ2) is 10.5. The first kappa shape index (κ1) is 24.6. The molecule has 2 fully saturated rings. The predicted octanol–water partition coefficient (Wildman–Crippen LogP) is 4.20. The summed E-state index contributed by atoms with van der Waals surface area (Å²) < 4.78 is 0. The van der Waals surface area contributed by atoms with E-state index in [1.807, 2.05) is 91.0 Å². The van der Waals surface area contributed by atoms with E-state index in [0.717, 1.165) is 16.7 Å². The summed E-state index contributed by atoms with van der Waals surface area (Å²) in [4.78, 5) is 45.2. The number of carbonyl (C=O) groups is 3. The van der Waals surface area contributed by atoms with E-state index in [1.165, 1.54) is 4.90 Å². The van der Waals surface area contributed by atoms with Crippen molar-refractivity contribution >= 4 is 17.9 Å². The second-order valence-corrected chi connectivity index (χ2v) is 9.86. The molecule has 5 rings (SSSR count). The van der Waals surface area contributed by atoms with Crippen LogP contribution < -0.4 is 0 Å². The number of hydrogen-bond donors (Lipinski definition) is 1. The van der Waals surface area contributed by atoms with E-state index in [4.69, 9.17) is 0 Å². The van der Waals surface area contributed by atoms with Gasteiger partial charge in [-0.3, -0.25) is 4.79 Å². The van der Waals surface area contributed by atoms with Gasteiger partial charge < -0.3 is 19.8 Å². The molecule has 190 valence electrons. The molecule has 7 heteroatoms. The fourth-order valence-electron chi connectivity index (χ4n) is 5.83. The Morgan fingerprint density at radius 3 is 1.95 bits per heavy atom. The number of carboxylic acid groups (broad SMARTS) is 1. The highest BCUT2D eigenvalue weighted by Gasteiger charge is 2.54. The highest BCUT2D eigenvalue weighted by molar-refractivity contribution is 5.92. The van der Waals surface area contributed by atoms with Gasteiger partial charge in [-0.05, 0) is 29.5 Å². The molecule has 0 saturated carbocycles. The van der Waals surface area contributed by atoms with Crippen molar-refractivity contribution in [1.29, 1.82) is 0 Å². The largest absolute Gasteiger partial charge is 0.480 e. The molecular weight excluding hydrogens is 466 g/mol. The van der Waals surface area contributed by atoms with E-state index in [-0.39, 0.29) is 24.5 Å². The lowest BCUT2D eigenvalue weighted by Gasteiger charge is -2.46. The van der Waals surface area contributed by atoms with Gasteiger partial charge in [0.25, 0.3) is 0 Å². The van der Waals surface area contributed by atoms with Crippen LogP contribution in [0.4, 0.5) is 4.79 Å². The van der Waals surface area contributed by atoms with Crippen LogP contribution in [0.5, 0.6) is 0 Å². The van der Waals surface area contributed by atoms with Gasteiger partial charge >= 0.3 is 12.0 Å². The third kappa shape index (κ3) is 4.81. The number of nitrogens with zero attached hydrogens (tertiary/aromatic N) is 3. The molecule has 2 heterocycles. The summed E-state index contributed by atoms with van der Waals surface area (Å²) >= 11 is 0. The summed E-state index contributed by atoms with van der Waals surface area (Å²) in [5, 5.41) is 10.3. The van der Waals surface area contributed by atoms with Crippen LogP contribution in [0, 0.1) is 0 Å². The Bertz CT molecular complexity index is 1210. The first-order valence-corrected chi connectivity index (χ1v) is 12.7. The molecular formula is C30H31N3O4. The number of fused-ring (bicyclic) bond motifs is 2. The number of carbonyl (C=O) groups excluding carboxylic acids is 2. The molecule has 3 atom stereocenters. The van der Waals surface area contributed by atoms with Gasteiger partial charge in [-0.2, -0.15) is 0 Å². The molecule has 0 radical (unpaired) electrons. The zero-order valence-corrected chi connectivity index (χ0v) is 20.8. The number of piperazine rings is 1. The quantitative estimate of drug-likeness (QED) is 0.554. The van der Waals surface area contributed by atoms with Crippen LogP contribution in [-0.2, 0) is 16.1 Å². The SMILES string of the molecule is CN(Cc1ccccc1)C(=O)N1[C@H]2CC[C@@H]1[C@@H](C(=O)O)N(C(=O)C(c1ccccc1)c1ccccc1)C2. The third-order valence-corrected chi connectivity index (χ3v) is 7.51. The van der Waals surface area contributed by atoms with Crippen LogP contribution in [0.25, 0.3) is 0 Å². The van der Waals surface area contributed by atoms with Crippen molar-refractivity contribution in [2.24, 2.45) is 0 Å². The number of hydrogen-bond acceptors (Lipinski definition) is 3. The Hall–Kier alpha value is -4.13. The lowest BCUT2D eigenvalue weighted by Crippen LogP contribution is -2.66. The van der Waals surface area contributed by atoms with E-state index in [1.54, 1.807) is 16.8 Å². The molecule has 2 aliphatic heterocycles. The zero-order valence-electron chi connectivity index (χ0n) is 20.8. The average Bonchev–Trinajstić information content (AvgIpc) is 3.22. The van der Waals surface area contributed by atoms with Crippen molar-refractivity contribution in [2.45, 2.75) is 43.4 Å². The van der Waals surface area contributed by atoms with E-state index in [2.05, 4.69) is 0 Å². The molecule has 3 aromatic carbocycles. The monoisotopic (exact) mass is 497 g/mol. The molecule has 3 aromatic rings. The van der Waals surface area contributed by atoms with Gasteiger partial charge in [-0.1, -0.05) is 91.0 Å². The van der Waals surface area contributed by atoms with Crippen LogP contribution in [-0.4, -0.2) is 69.4 Å². The van der Waals surface area contributed by atoms with Crippen molar-refractivity contribution in [1.82, 2.24) is 14.7 Å². The lowest BCUT2D eigenvalue weighted by atomic mass is 9.88. The molecule has 2 aliphatic rings. The van der Waals surface area contributed by atoms with Gasteiger partial charge in [0.15, 0.2) is 0 Å². The van der Waals surface area contributed by atoms with Crippen molar-refractivity contribution in [3.05, 3.63) is 108 Å². The van der Waals surface area contributed by atoms with Gasteiger partial charge in [0.1, 0.15) is 6.04 Å². The number of rotatable bonds is 6. The maximum Gasteiger partial charge on any atom is 0.328 e. The third-order valence-electron chi connectivity index (χ3n) is 7.51. The summed E-state index contributed by atoms with van der Waals surface area (Å²) in [5.74, 6) is -1.94. The normalized spacial score (nSPS) is 20.6. The van der Waals surface area contributed by atoms with Gasteiger partial charge in [-0.25, -0.2) is 9.59 Å². The molecule has 0 aliphatic carbocycles. The van der Waals surface area contributed by atoms with E-state index < -0.39 is 24.0 Å². The van der Waals surface area contributed by atoms with Crippen LogP contribution >= 0.6 is 0 Å². The fraction of sp³-hybridized carbons (Fsp3) is 0.300. The molecule has 37 heavy (non-hydrogen) atoms. The second-order valence-electron chi connectivity index (χ2n) is 9.86. The highest BCUT2D eigenvalue weighted by atomic mass is 16.4. The first-order valence-electron chi connectivity index (χ1n) is 12.7. The Morgan fingerprint density at radius 2 is 1.41 bits per heavy atom. The first-order chi connectivity index (χ1) is 18.0. The Morgan fingerprint density at radius 1 is 0.865 bits per heavy atom. The summed E-state index contributed by atoms with van der Waals surface area (Å²) in [5.41, 5.74) is 2.63.